The standard InChI is InChI=1S/C17H31N3/c1-4-12-18-17(15-7-5-14(2)6-8-15)10-9-16-11-13-19-20(16)3/h11,13-15,17-18H,4-10,12H2,1-3H3. The van der Waals surface area contributed by atoms with Crippen LogP contribution < -0.4 is 5.32 Å². The van der Waals surface area contributed by atoms with E-state index >= 15 is 0 Å². The van der Waals surface area contributed by atoms with E-state index < -0.39 is 0 Å². The summed E-state index contributed by atoms with van der Waals surface area (Å²) in [6, 6.07) is 2.84. The number of hydrogen-bond donors (Lipinski definition) is 1. The molecule has 1 N–H and O–H groups in total. The molecule has 1 fully saturated rings. The van der Waals surface area contributed by atoms with Crippen molar-refractivity contribution in [2.75, 3.05) is 6.54 Å². The average Bonchev–Trinajstić information content (AvgIpc) is 2.86. The fourth-order valence-corrected chi connectivity index (χ4v) is 3.47. The molecule has 20 heavy (non-hydrogen) atoms. The SMILES string of the molecule is CCCNC(CCc1ccnn1C)C1CCC(C)CC1. The highest BCUT2D eigenvalue weighted by atomic mass is 15.2. The zero-order chi connectivity index (χ0) is 14.4. The summed E-state index contributed by atoms with van der Waals surface area (Å²) in [5, 5.41) is 8.08. The number of aromatic nitrogens is 2. The minimum atomic E-state index is 0.692. The molecular weight excluding hydrogens is 246 g/mol. The van der Waals surface area contributed by atoms with Crippen LogP contribution in [0.3, 0.4) is 0 Å². The van der Waals surface area contributed by atoms with Crippen molar-refractivity contribution in [3.63, 3.8) is 0 Å². The summed E-state index contributed by atoms with van der Waals surface area (Å²) in [6.45, 7) is 5.82. The van der Waals surface area contributed by atoms with Crippen LogP contribution in [0.4, 0.5) is 0 Å². The van der Waals surface area contributed by atoms with Crippen molar-refractivity contribution in [1.29, 1.82) is 0 Å². The van der Waals surface area contributed by atoms with Gasteiger partial charge in [0.05, 0.1) is 0 Å². The van der Waals surface area contributed by atoms with E-state index in [9.17, 15) is 0 Å². The van der Waals surface area contributed by atoms with Gasteiger partial charge in [-0.15, -0.1) is 0 Å². The van der Waals surface area contributed by atoms with Crippen LogP contribution in [0.15, 0.2) is 12.3 Å². The summed E-state index contributed by atoms with van der Waals surface area (Å²) < 4.78 is 2.01. The summed E-state index contributed by atoms with van der Waals surface area (Å²) in [6.07, 6.45) is 11.2. The van der Waals surface area contributed by atoms with Crippen LogP contribution in [0.1, 0.15) is 58.1 Å². The highest BCUT2D eigenvalue weighted by Gasteiger charge is 2.25. The third-order valence-electron chi connectivity index (χ3n) is 4.92. The fourth-order valence-electron chi connectivity index (χ4n) is 3.47. The van der Waals surface area contributed by atoms with Gasteiger partial charge in [0, 0.05) is 25.0 Å². The monoisotopic (exact) mass is 277 g/mol. The molecule has 0 spiro atoms. The van der Waals surface area contributed by atoms with E-state index in [0.29, 0.717) is 6.04 Å². The Morgan fingerprint density at radius 3 is 2.70 bits per heavy atom. The van der Waals surface area contributed by atoms with Crippen LogP contribution in [0, 0.1) is 11.8 Å². The topological polar surface area (TPSA) is 29.9 Å². The normalized spacial score (nSPS) is 24.8. The average molecular weight is 277 g/mol. The van der Waals surface area contributed by atoms with Gasteiger partial charge in [-0.2, -0.15) is 5.10 Å². The highest BCUT2D eigenvalue weighted by molar-refractivity contribution is 5.00. The molecule has 0 aromatic carbocycles. The minimum absolute atomic E-state index is 0.692. The van der Waals surface area contributed by atoms with Crippen molar-refractivity contribution in [2.45, 2.75) is 64.8 Å². The maximum atomic E-state index is 4.28. The van der Waals surface area contributed by atoms with Crippen molar-refractivity contribution in [2.24, 2.45) is 18.9 Å². The van der Waals surface area contributed by atoms with Crippen LogP contribution in [0.5, 0.6) is 0 Å². The first-order valence-corrected chi connectivity index (χ1v) is 8.41. The zero-order valence-corrected chi connectivity index (χ0v) is 13.4. The van der Waals surface area contributed by atoms with Crippen molar-refractivity contribution in [1.82, 2.24) is 15.1 Å². The Labute approximate surface area is 124 Å². The number of nitrogens with zero attached hydrogens (tertiary/aromatic N) is 2. The molecule has 2 rings (SSSR count). The van der Waals surface area contributed by atoms with E-state index in [-0.39, 0.29) is 0 Å². The number of aryl methyl sites for hydroxylation is 2. The van der Waals surface area contributed by atoms with Crippen molar-refractivity contribution >= 4 is 0 Å². The Hall–Kier alpha value is -0.830. The fraction of sp³-hybridized carbons (Fsp3) is 0.824. The third-order valence-corrected chi connectivity index (χ3v) is 4.92. The van der Waals surface area contributed by atoms with Gasteiger partial charge in [0.25, 0.3) is 0 Å². The van der Waals surface area contributed by atoms with Gasteiger partial charge in [-0.3, -0.25) is 4.68 Å². The minimum Gasteiger partial charge on any atom is -0.314 e. The summed E-state index contributed by atoms with van der Waals surface area (Å²) >= 11 is 0. The van der Waals surface area contributed by atoms with Crippen molar-refractivity contribution < 1.29 is 0 Å². The third kappa shape index (κ3) is 4.34. The molecule has 0 bridgehead atoms. The molecule has 0 radical (unpaired) electrons. The second-order valence-corrected chi connectivity index (χ2v) is 6.57. The lowest BCUT2D eigenvalue weighted by atomic mass is 9.78. The Morgan fingerprint density at radius 2 is 2.10 bits per heavy atom. The first kappa shape index (κ1) is 15.6. The summed E-state index contributed by atoms with van der Waals surface area (Å²) in [5.74, 6) is 1.82. The van der Waals surface area contributed by atoms with E-state index in [0.717, 1.165) is 24.8 Å². The van der Waals surface area contributed by atoms with Crippen molar-refractivity contribution in [3.05, 3.63) is 18.0 Å². The molecule has 3 nitrogen and oxygen atoms in total. The first-order chi connectivity index (χ1) is 9.70. The molecule has 3 heteroatoms. The van der Waals surface area contributed by atoms with Gasteiger partial charge >= 0.3 is 0 Å². The Morgan fingerprint density at radius 1 is 1.35 bits per heavy atom. The molecule has 114 valence electrons. The van der Waals surface area contributed by atoms with Gasteiger partial charge in [-0.1, -0.05) is 26.7 Å². The summed E-state index contributed by atoms with van der Waals surface area (Å²) in [7, 11) is 2.05. The predicted octanol–water partition coefficient (Wildman–Crippen LogP) is 3.55. The van der Waals surface area contributed by atoms with E-state index in [1.54, 1.807) is 0 Å². The van der Waals surface area contributed by atoms with E-state index in [2.05, 4.69) is 30.3 Å². The zero-order valence-electron chi connectivity index (χ0n) is 13.4. The molecule has 1 aliphatic rings. The molecule has 0 saturated heterocycles. The van der Waals surface area contributed by atoms with Gasteiger partial charge in [0.1, 0.15) is 0 Å². The largest absolute Gasteiger partial charge is 0.314 e. The molecule has 1 atom stereocenters. The second kappa shape index (κ2) is 7.82. The lowest BCUT2D eigenvalue weighted by Crippen LogP contribution is -2.39. The van der Waals surface area contributed by atoms with E-state index in [1.165, 1.54) is 44.2 Å². The lowest BCUT2D eigenvalue weighted by molar-refractivity contribution is 0.222. The van der Waals surface area contributed by atoms with Crippen LogP contribution in [-0.2, 0) is 13.5 Å². The van der Waals surface area contributed by atoms with Crippen molar-refractivity contribution in [3.8, 4) is 0 Å². The maximum Gasteiger partial charge on any atom is 0.0492 e. The molecule has 0 aliphatic heterocycles. The van der Waals surface area contributed by atoms with Gasteiger partial charge in [-0.05, 0) is 56.6 Å². The number of nitrogens with one attached hydrogen (secondary N) is 1. The maximum absolute atomic E-state index is 4.28. The molecule has 0 amide bonds. The highest BCUT2D eigenvalue weighted by Crippen LogP contribution is 2.31. The molecule has 1 heterocycles. The molecule has 1 aliphatic carbocycles. The van der Waals surface area contributed by atoms with Gasteiger partial charge < -0.3 is 5.32 Å². The van der Waals surface area contributed by atoms with Crippen LogP contribution in [0.2, 0.25) is 0 Å². The smallest absolute Gasteiger partial charge is 0.0492 e. The summed E-state index contributed by atoms with van der Waals surface area (Å²) in [5.41, 5.74) is 1.36. The van der Waals surface area contributed by atoms with Gasteiger partial charge in [0.15, 0.2) is 0 Å². The molecule has 1 saturated carbocycles. The molecule has 1 aromatic heterocycles. The lowest BCUT2D eigenvalue weighted by Gasteiger charge is -2.33. The Bertz CT molecular complexity index is 377. The first-order valence-electron chi connectivity index (χ1n) is 8.41. The van der Waals surface area contributed by atoms with E-state index in [4.69, 9.17) is 0 Å². The number of rotatable bonds is 7. The van der Waals surface area contributed by atoms with Crippen LogP contribution >= 0.6 is 0 Å². The molecule has 1 aromatic rings. The Kier molecular flexibility index (Phi) is 6.08. The molecular formula is C17H31N3. The van der Waals surface area contributed by atoms with Gasteiger partial charge in [0.2, 0.25) is 0 Å². The van der Waals surface area contributed by atoms with E-state index in [1.807, 2.05) is 17.9 Å². The number of hydrogen-bond acceptors (Lipinski definition) is 2. The molecule has 1 unspecified atom stereocenters. The quantitative estimate of drug-likeness (QED) is 0.826. The Balaban J connectivity index is 1.87. The predicted molar refractivity (Wildman–Crippen MR) is 84.7 cm³/mol. The summed E-state index contributed by atoms with van der Waals surface area (Å²) in [4.78, 5) is 0. The van der Waals surface area contributed by atoms with Crippen LogP contribution in [-0.4, -0.2) is 22.4 Å². The second-order valence-electron chi connectivity index (χ2n) is 6.57. The van der Waals surface area contributed by atoms with Crippen LogP contribution in [0.25, 0.3) is 0 Å². The van der Waals surface area contributed by atoms with Gasteiger partial charge in [-0.25, -0.2) is 0 Å².